The second-order valence-electron chi connectivity index (χ2n) is 3.51. The molecule has 0 bridgehead atoms. The average molecular weight is 267 g/mol. The molecule has 0 fully saturated rings. The van der Waals surface area contributed by atoms with Gasteiger partial charge in [-0.15, -0.1) is 11.3 Å². The molecule has 1 aromatic carbocycles. The molecule has 2 rings (SSSR count). The highest BCUT2D eigenvalue weighted by Gasteiger charge is 2.15. The Labute approximate surface area is 109 Å². The van der Waals surface area contributed by atoms with E-state index in [0.717, 1.165) is 5.56 Å². The summed E-state index contributed by atoms with van der Waals surface area (Å²) in [7, 11) is 1.56. The summed E-state index contributed by atoms with van der Waals surface area (Å²) in [6.07, 6.45) is 0.302. The molecular weight excluding hydrogens is 256 g/mol. The Morgan fingerprint density at radius 3 is 2.82 bits per heavy atom. The number of hydrogen-bond acceptors (Lipinski definition) is 3. The van der Waals surface area contributed by atoms with Gasteiger partial charge < -0.3 is 4.74 Å². The standard InChI is InChI=1S/C13H11ClO2S/c1-16-12-6-7-17-13(12)11(15)8-9-4-2-3-5-10(9)14/h2-7H,8H2,1H3. The number of benzene rings is 1. The van der Waals surface area contributed by atoms with Crippen molar-refractivity contribution < 1.29 is 9.53 Å². The molecule has 2 nitrogen and oxygen atoms in total. The molecule has 0 aliphatic heterocycles. The van der Waals surface area contributed by atoms with E-state index in [1.54, 1.807) is 19.2 Å². The number of rotatable bonds is 4. The summed E-state index contributed by atoms with van der Waals surface area (Å²) in [5.74, 6) is 0.664. The summed E-state index contributed by atoms with van der Waals surface area (Å²) in [5.41, 5.74) is 0.842. The van der Waals surface area contributed by atoms with Gasteiger partial charge in [-0.25, -0.2) is 0 Å². The molecule has 88 valence electrons. The highest BCUT2D eigenvalue weighted by molar-refractivity contribution is 7.12. The van der Waals surface area contributed by atoms with E-state index in [1.807, 2.05) is 23.6 Å². The Morgan fingerprint density at radius 2 is 2.12 bits per heavy atom. The third-order valence-corrected chi connectivity index (χ3v) is 3.72. The van der Waals surface area contributed by atoms with Crippen LogP contribution in [-0.4, -0.2) is 12.9 Å². The zero-order valence-corrected chi connectivity index (χ0v) is 10.8. The molecule has 0 N–H and O–H groups in total. The third kappa shape index (κ3) is 2.68. The highest BCUT2D eigenvalue weighted by atomic mass is 35.5. The van der Waals surface area contributed by atoms with Gasteiger partial charge in [-0.2, -0.15) is 0 Å². The van der Waals surface area contributed by atoms with Gasteiger partial charge in [0.05, 0.1) is 7.11 Å². The van der Waals surface area contributed by atoms with Gasteiger partial charge in [-0.1, -0.05) is 29.8 Å². The maximum atomic E-state index is 12.1. The summed E-state index contributed by atoms with van der Waals surface area (Å²) in [6.45, 7) is 0. The fourth-order valence-electron chi connectivity index (χ4n) is 1.56. The number of Topliss-reactive ketones (excluding diaryl/α,β-unsaturated/α-hetero) is 1. The molecule has 0 radical (unpaired) electrons. The number of methoxy groups -OCH3 is 1. The van der Waals surface area contributed by atoms with Gasteiger partial charge in [0.25, 0.3) is 0 Å². The summed E-state index contributed by atoms with van der Waals surface area (Å²) in [5, 5.41) is 2.47. The van der Waals surface area contributed by atoms with Crippen molar-refractivity contribution in [2.24, 2.45) is 0 Å². The van der Waals surface area contributed by atoms with E-state index in [2.05, 4.69) is 0 Å². The zero-order chi connectivity index (χ0) is 12.3. The van der Waals surface area contributed by atoms with Crippen LogP contribution in [0.4, 0.5) is 0 Å². The van der Waals surface area contributed by atoms with Crippen LogP contribution < -0.4 is 4.74 Å². The van der Waals surface area contributed by atoms with E-state index in [0.29, 0.717) is 22.1 Å². The maximum Gasteiger partial charge on any atom is 0.180 e. The lowest BCUT2D eigenvalue weighted by atomic mass is 10.1. The lowest BCUT2D eigenvalue weighted by Gasteiger charge is -2.04. The number of ketones is 1. The second-order valence-corrected chi connectivity index (χ2v) is 4.83. The first-order valence-corrected chi connectivity index (χ1v) is 6.36. The van der Waals surface area contributed by atoms with Crippen molar-refractivity contribution in [2.45, 2.75) is 6.42 Å². The quantitative estimate of drug-likeness (QED) is 0.786. The molecule has 0 amide bonds. The summed E-state index contributed by atoms with van der Waals surface area (Å²) in [4.78, 5) is 12.7. The number of carbonyl (C=O) groups excluding carboxylic acids is 1. The smallest absolute Gasteiger partial charge is 0.180 e. The predicted molar refractivity (Wildman–Crippen MR) is 70.4 cm³/mol. The molecule has 1 aromatic heterocycles. The number of thiophene rings is 1. The Morgan fingerprint density at radius 1 is 1.35 bits per heavy atom. The van der Waals surface area contributed by atoms with E-state index < -0.39 is 0 Å². The van der Waals surface area contributed by atoms with Crippen LogP contribution in [-0.2, 0) is 6.42 Å². The molecular formula is C13H11ClO2S. The molecule has 2 aromatic rings. The van der Waals surface area contributed by atoms with E-state index in [1.165, 1.54) is 11.3 Å². The number of carbonyl (C=O) groups is 1. The van der Waals surface area contributed by atoms with Gasteiger partial charge in [-0.3, -0.25) is 4.79 Å². The van der Waals surface area contributed by atoms with Crippen molar-refractivity contribution >= 4 is 28.7 Å². The van der Waals surface area contributed by atoms with Gasteiger partial charge in [-0.05, 0) is 23.1 Å². The van der Waals surface area contributed by atoms with Crippen molar-refractivity contribution in [2.75, 3.05) is 7.11 Å². The van der Waals surface area contributed by atoms with Crippen LogP contribution in [0.25, 0.3) is 0 Å². The Balaban J connectivity index is 2.20. The minimum Gasteiger partial charge on any atom is -0.495 e. The van der Waals surface area contributed by atoms with E-state index >= 15 is 0 Å². The van der Waals surface area contributed by atoms with Crippen molar-refractivity contribution in [3.05, 3.63) is 51.2 Å². The van der Waals surface area contributed by atoms with E-state index in [9.17, 15) is 4.79 Å². The molecule has 0 saturated carbocycles. The Kier molecular flexibility index (Phi) is 3.82. The lowest BCUT2D eigenvalue weighted by molar-refractivity contribution is 0.0994. The molecule has 0 saturated heterocycles. The van der Waals surface area contributed by atoms with Gasteiger partial charge in [0.2, 0.25) is 0 Å². The van der Waals surface area contributed by atoms with Crippen LogP contribution >= 0.6 is 22.9 Å². The number of halogens is 1. The summed E-state index contributed by atoms with van der Waals surface area (Å²) >= 11 is 7.41. The van der Waals surface area contributed by atoms with Crippen LogP contribution in [0.15, 0.2) is 35.7 Å². The molecule has 0 atom stereocenters. The largest absolute Gasteiger partial charge is 0.495 e. The normalized spacial score (nSPS) is 10.2. The van der Waals surface area contributed by atoms with E-state index in [-0.39, 0.29) is 5.78 Å². The van der Waals surface area contributed by atoms with Gasteiger partial charge in [0.15, 0.2) is 5.78 Å². The van der Waals surface area contributed by atoms with Crippen LogP contribution in [0.3, 0.4) is 0 Å². The topological polar surface area (TPSA) is 26.3 Å². The van der Waals surface area contributed by atoms with Gasteiger partial charge in [0.1, 0.15) is 10.6 Å². The third-order valence-electron chi connectivity index (χ3n) is 2.41. The van der Waals surface area contributed by atoms with Crippen LogP contribution in [0.1, 0.15) is 15.2 Å². The molecule has 17 heavy (non-hydrogen) atoms. The molecule has 4 heteroatoms. The fraction of sp³-hybridized carbons (Fsp3) is 0.154. The minimum atomic E-state index is 0.0324. The van der Waals surface area contributed by atoms with Crippen molar-refractivity contribution in [3.63, 3.8) is 0 Å². The minimum absolute atomic E-state index is 0.0324. The fourth-order valence-corrected chi connectivity index (χ4v) is 2.56. The van der Waals surface area contributed by atoms with Crippen molar-refractivity contribution in [1.29, 1.82) is 0 Å². The van der Waals surface area contributed by atoms with E-state index in [4.69, 9.17) is 16.3 Å². The predicted octanol–water partition coefficient (Wildman–Crippen LogP) is 3.84. The van der Waals surface area contributed by atoms with Gasteiger partial charge in [0, 0.05) is 11.4 Å². The molecule has 0 spiro atoms. The first-order chi connectivity index (χ1) is 8.22. The number of ether oxygens (including phenoxy) is 1. The lowest BCUT2D eigenvalue weighted by Crippen LogP contribution is -2.03. The highest BCUT2D eigenvalue weighted by Crippen LogP contribution is 2.27. The van der Waals surface area contributed by atoms with Crippen LogP contribution in [0.2, 0.25) is 5.02 Å². The van der Waals surface area contributed by atoms with Crippen molar-refractivity contribution in [3.8, 4) is 5.75 Å². The Bertz CT molecular complexity index is 534. The van der Waals surface area contributed by atoms with Crippen LogP contribution in [0.5, 0.6) is 5.75 Å². The first kappa shape index (κ1) is 12.1. The average Bonchev–Trinajstić information content (AvgIpc) is 2.80. The van der Waals surface area contributed by atoms with Gasteiger partial charge >= 0.3 is 0 Å². The monoisotopic (exact) mass is 266 g/mol. The zero-order valence-electron chi connectivity index (χ0n) is 9.27. The maximum absolute atomic E-state index is 12.1. The number of hydrogen-bond donors (Lipinski definition) is 0. The molecule has 0 aliphatic rings. The summed E-state index contributed by atoms with van der Waals surface area (Å²) in [6, 6.07) is 9.17. The molecule has 1 heterocycles. The van der Waals surface area contributed by atoms with Crippen LogP contribution in [0, 0.1) is 0 Å². The SMILES string of the molecule is COc1ccsc1C(=O)Cc1ccccc1Cl. The summed E-state index contributed by atoms with van der Waals surface area (Å²) < 4.78 is 5.13. The molecule has 0 unspecified atom stereocenters. The Hall–Kier alpha value is -1.32. The molecule has 0 aliphatic carbocycles. The first-order valence-electron chi connectivity index (χ1n) is 5.10. The van der Waals surface area contributed by atoms with Crippen molar-refractivity contribution in [1.82, 2.24) is 0 Å². The second kappa shape index (κ2) is 5.34.